The third kappa shape index (κ3) is 5.02. The SMILES string of the molecule is CCCNC(c1ccc(Br)s1)C(CCC)CCC. The third-order valence-electron chi connectivity index (χ3n) is 3.31. The van der Waals surface area contributed by atoms with Crippen LogP contribution in [0.2, 0.25) is 0 Å². The van der Waals surface area contributed by atoms with Crippen molar-refractivity contribution < 1.29 is 0 Å². The van der Waals surface area contributed by atoms with E-state index >= 15 is 0 Å². The molecule has 1 rings (SSSR count). The molecule has 104 valence electrons. The molecular weight excluding hydrogens is 306 g/mol. The lowest BCUT2D eigenvalue weighted by Crippen LogP contribution is -2.28. The molecule has 0 bridgehead atoms. The summed E-state index contributed by atoms with van der Waals surface area (Å²) in [4.78, 5) is 1.49. The fourth-order valence-corrected chi connectivity index (χ4v) is 4.11. The van der Waals surface area contributed by atoms with Crippen LogP contribution < -0.4 is 5.32 Å². The van der Waals surface area contributed by atoms with Crippen LogP contribution in [-0.2, 0) is 0 Å². The molecule has 0 saturated carbocycles. The highest BCUT2D eigenvalue weighted by atomic mass is 79.9. The maximum Gasteiger partial charge on any atom is 0.0701 e. The molecular formula is C15H26BrNS. The molecule has 0 aliphatic heterocycles. The first kappa shape index (κ1) is 16.2. The lowest BCUT2D eigenvalue weighted by molar-refractivity contribution is 0.320. The molecule has 1 aromatic rings. The van der Waals surface area contributed by atoms with Gasteiger partial charge in [-0.15, -0.1) is 11.3 Å². The van der Waals surface area contributed by atoms with Crippen molar-refractivity contribution in [1.29, 1.82) is 0 Å². The Morgan fingerprint density at radius 1 is 1.11 bits per heavy atom. The van der Waals surface area contributed by atoms with Crippen LogP contribution >= 0.6 is 27.3 Å². The molecule has 0 aromatic carbocycles. The maximum atomic E-state index is 3.76. The number of nitrogens with one attached hydrogen (secondary N) is 1. The average molecular weight is 332 g/mol. The summed E-state index contributed by atoms with van der Waals surface area (Å²) < 4.78 is 1.24. The lowest BCUT2D eigenvalue weighted by Gasteiger charge is -2.27. The average Bonchev–Trinajstić information content (AvgIpc) is 2.77. The van der Waals surface area contributed by atoms with Gasteiger partial charge in [0.1, 0.15) is 0 Å². The molecule has 18 heavy (non-hydrogen) atoms. The smallest absolute Gasteiger partial charge is 0.0701 e. The van der Waals surface area contributed by atoms with Gasteiger partial charge in [-0.1, -0.05) is 33.6 Å². The molecule has 1 nitrogen and oxygen atoms in total. The maximum absolute atomic E-state index is 3.76. The van der Waals surface area contributed by atoms with E-state index in [1.807, 2.05) is 11.3 Å². The highest BCUT2D eigenvalue weighted by molar-refractivity contribution is 9.11. The summed E-state index contributed by atoms with van der Waals surface area (Å²) in [5.74, 6) is 0.775. The van der Waals surface area contributed by atoms with Crippen LogP contribution in [0, 0.1) is 5.92 Å². The Balaban J connectivity index is 2.80. The van der Waals surface area contributed by atoms with Crippen molar-refractivity contribution >= 4 is 27.3 Å². The van der Waals surface area contributed by atoms with E-state index in [1.165, 1.54) is 40.8 Å². The molecule has 1 atom stereocenters. The van der Waals surface area contributed by atoms with Gasteiger partial charge in [-0.05, 0) is 59.8 Å². The van der Waals surface area contributed by atoms with Crippen molar-refractivity contribution in [3.05, 3.63) is 20.8 Å². The predicted molar refractivity (Wildman–Crippen MR) is 86.4 cm³/mol. The van der Waals surface area contributed by atoms with Crippen molar-refractivity contribution in [2.45, 2.75) is 58.9 Å². The van der Waals surface area contributed by atoms with Crippen LogP contribution in [0.3, 0.4) is 0 Å². The van der Waals surface area contributed by atoms with Crippen LogP contribution in [0.15, 0.2) is 15.9 Å². The summed E-state index contributed by atoms with van der Waals surface area (Å²) in [6.45, 7) is 7.95. The summed E-state index contributed by atoms with van der Waals surface area (Å²) in [5, 5.41) is 3.76. The predicted octanol–water partition coefficient (Wildman–Crippen LogP) is 5.77. The van der Waals surface area contributed by atoms with Crippen molar-refractivity contribution in [2.75, 3.05) is 6.54 Å². The van der Waals surface area contributed by atoms with Gasteiger partial charge in [-0.2, -0.15) is 0 Å². The minimum atomic E-state index is 0.543. The zero-order chi connectivity index (χ0) is 13.4. The Bertz CT molecular complexity index is 318. The second-order valence-corrected chi connectivity index (χ2v) is 7.41. The van der Waals surface area contributed by atoms with Gasteiger partial charge in [-0.3, -0.25) is 0 Å². The van der Waals surface area contributed by atoms with E-state index in [0.717, 1.165) is 12.5 Å². The van der Waals surface area contributed by atoms with Gasteiger partial charge in [0, 0.05) is 10.9 Å². The number of hydrogen-bond donors (Lipinski definition) is 1. The normalized spacial score (nSPS) is 13.2. The standard InChI is InChI=1S/C15H26BrNS/c1-4-7-12(8-5-2)15(17-11-6-3)13-9-10-14(16)18-13/h9-10,12,15,17H,4-8,11H2,1-3H3. The second-order valence-electron chi connectivity index (χ2n) is 4.91. The van der Waals surface area contributed by atoms with Gasteiger partial charge in [0.2, 0.25) is 0 Å². The Kier molecular flexibility index (Phi) is 8.20. The highest BCUT2D eigenvalue weighted by Gasteiger charge is 2.22. The molecule has 3 heteroatoms. The van der Waals surface area contributed by atoms with E-state index in [4.69, 9.17) is 0 Å². The first-order valence-electron chi connectivity index (χ1n) is 7.21. The van der Waals surface area contributed by atoms with Crippen molar-refractivity contribution in [3.8, 4) is 0 Å². The van der Waals surface area contributed by atoms with Crippen LogP contribution in [0.5, 0.6) is 0 Å². The van der Waals surface area contributed by atoms with Crippen LogP contribution in [0.1, 0.15) is 63.8 Å². The fourth-order valence-electron chi connectivity index (χ4n) is 2.51. The summed E-state index contributed by atoms with van der Waals surface area (Å²) >= 11 is 5.47. The number of rotatable bonds is 9. The summed E-state index contributed by atoms with van der Waals surface area (Å²) in [5.41, 5.74) is 0. The first-order chi connectivity index (χ1) is 8.72. The van der Waals surface area contributed by atoms with Gasteiger partial charge in [0.15, 0.2) is 0 Å². The Hall–Kier alpha value is 0.140. The molecule has 1 N–H and O–H groups in total. The monoisotopic (exact) mass is 331 g/mol. The van der Waals surface area contributed by atoms with Gasteiger partial charge in [0.05, 0.1) is 3.79 Å². The molecule has 1 unspecified atom stereocenters. The van der Waals surface area contributed by atoms with Crippen LogP contribution in [0.4, 0.5) is 0 Å². The van der Waals surface area contributed by atoms with E-state index < -0.39 is 0 Å². The van der Waals surface area contributed by atoms with Crippen molar-refractivity contribution in [1.82, 2.24) is 5.32 Å². The van der Waals surface area contributed by atoms with E-state index in [2.05, 4.69) is 54.2 Å². The summed E-state index contributed by atoms with van der Waals surface area (Å²) in [6.07, 6.45) is 6.41. The minimum absolute atomic E-state index is 0.543. The zero-order valence-corrected chi connectivity index (χ0v) is 14.2. The Morgan fingerprint density at radius 2 is 1.78 bits per heavy atom. The van der Waals surface area contributed by atoms with Crippen molar-refractivity contribution in [2.24, 2.45) is 5.92 Å². The van der Waals surface area contributed by atoms with E-state index in [1.54, 1.807) is 0 Å². The van der Waals surface area contributed by atoms with E-state index in [9.17, 15) is 0 Å². The fraction of sp³-hybridized carbons (Fsp3) is 0.733. The van der Waals surface area contributed by atoms with E-state index in [0.29, 0.717) is 6.04 Å². The van der Waals surface area contributed by atoms with Gasteiger partial charge < -0.3 is 5.32 Å². The Labute approximate surface area is 125 Å². The molecule has 0 fully saturated rings. The number of halogens is 1. The van der Waals surface area contributed by atoms with Crippen molar-refractivity contribution in [3.63, 3.8) is 0 Å². The van der Waals surface area contributed by atoms with E-state index in [-0.39, 0.29) is 0 Å². The molecule has 1 heterocycles. The molecule has 0 aliphatic rings. The minimum Gasteiger partial charge on any atom is -0.309 e. The number of hydrogen-bond acceptors (Lipinski definition) is 2. The lowest BCUT2D eigenvalue weighted by atomic mass is 9.89. The van der Waals surface area contributed by atoms with Gasteiger partial charge in [-0.25, -0.2) is 0 Å². The van der Waals surface area contributed by atoms with Gasteiger partial charge in [0.25, 0.3) is 0 Å². The zero-order valence-electron chi connectivity index (χ0n) is 11.8. The topological polar surface area (TPSA) is 12.0 Å². The molecule has 0 saturated heterocycles. The summed E-state index contributed by atoms with van der Waals surface area (Å²) in [7, 11) is 0. The highest BCUT2D eigenvalue weighted by Crippen LogP contribution is 2.35. The Morgan fingerprint density at radius 3 is 2.22 bits per heavy atom. The number of thiophene rings is 1. The third-order valence-corrected chi connectivity index (χ3v) is 5.01. The molecule has 0 amide bonds. The van der Waals surface area contributed by atoms with Crippen LogP contribution in [-0.4, -0.2) is 6.54 Å². The molecule has 0 spiro atoms. The second kappa shape index (κ2) is 9.11. The molecule has 0 radical (unpaired) electrons. The van der Waals surface area contributed by atoms with Crippen LogP contribution in [0.25, 0.3) is 0 Å². The quantitative estimate of drug-likeness (QED) is 0.605. The summed E-state index contributed by atoms with van der Waals surface area (Å²) in [6, 6.07) is 5.00. The van der Waals surface area contributed by atoms with Gasteiger partial charge >= 0.3 is 0 Å². The molecule has 0 aliphatic carbocycles. The first-order valence-corrected chi connectivity index (χ1v) is 8.82. The molecule has 1 aromatic heterocycles. The largest absolute Gasteiger partial charge is 0.309 e.